The van der Waals surface area contributed by atoms with Crippen molar-refractivity contribution in [3.8, 4) is 11.5 Å². The second-order valence-electron chi connectivity index (χ2n) is 7.47. The Labute approximate surface area is 175 Å². The van der Waals surface area contributed by atoms with Gasteiger partial charge in [-0.15, -0.1) is 0 Å². The summed E-state index contributed by atoms with van der Waals surface area (Å²) in [5, 5.41) is 25.9. The molecule has 0 aromatic heterocycles. The third-order valence-corrected chi connectivity index (χ3v) is 5.43. The first kappa shape index (κ1) is 24.3. The summed E-state index contributed by atoms with van der Waals surface area (Å²) < 4.78 is 42.7. The quantitative estimate of drug-likeness (QED) is 0.570. The van der Waals surface area contributed by atoms with Gasteiger partial charge in [-0.25, -0.2) is 4.79 Å². The highest BCUT2D eigenvalue weighted by molar-refractivity contribution is 5.94. The van der Waals surface area contributed by atoms with Crippen LogP contribution in [0.15, 0.2) is 18.2 Å². The lowest BCUT2D eigenvalue weighted by Gasteiger charge is -2.20. The number of carboxylic acids is 3. The number of methoxy groups -OCH3 is 1. The van der Waals surface area contributed by atoms with Crippen molar-refractivity contribution in [3.63, 3.8) is 0 Å². The second-order valence-corrected chi connectivity index (χ2v) is 7.47. The number of carbonyl (C=O) groups is 3. The molecule has 12 heteroatoms. The van der Waals surface area contributed by atoms with Crippen LogP contribution >= 0.6 is 0 Å². The molecule has 1 aliphatic carbocycles. The van der Waals surface area contributed by atoms with Crippen molar-refractivity contribution in [1.82, 2.24) is 4.90 Å². The molecule has 31 heavy (non-hydrogen) atoms. The average Bonchev–Trinajstić information content (AvgIpc) is 3.21. The normalized spacial score (nSPS) is 24.4. The molecule has 172 valence electrons. The number of hydrogen-bond donors (Lipinski definition) is 3. The lowest BCUT2D eigenvalue weighted by atomic mass is 9.97. The molecule has 3 N–H and O–H groups in total. The van der Waals surface area contributed by atoms with Gasteiger partial charge in [0.25, 0.3) is 0 Å². The minimum absolute atomic E-state index is 0.216. The third-order valence-electron chi connectivity index (χ3n) is 5.43. The van der Waals surface area contributed by atoms with E-state index in [1.165, 1.54) is 0 Å². The number of aliphatic carboxylic acids is 3. The van der Waals surface area contributed by atoms with Crippen molar-refractivity contribution in [2.75, 3.05) is 33.4 Å². The predicted octanol–water partition coefficient (Wildman–Crippen LogP) is 1.88. The van der Waals surface area contributed by atoms with Crippen molar-refractivity contribution in [2.45, 2.75) is 19.5 Å². The van der Waals surface area contributed by atoms with Gasteiger partial charge in [-0.3, -0.25) is 14.5 Å². The number of benzene rings is 1. The van der Waals surface area contributed by atoms with Crippen LogP contribution < -0.4 is 9.47 Å². The van der Waals surface area contributed by atoms with Crippen LogP contribution in [-0.4, -0.2) is 77.7 Å². The molecule has 9 nitrogen and oxygen atoms in total. The highest BCUT2D eigenvalue weighted by Gasteiger charge is 2.80. The largest absolute Gasteiger partial charge is 0.493 e. The average molecular weight is 449 g/mol. The molecule has 3 rings (SSSR count). The van der Waals surface area contributed by atoms with E-state index in [9.17, 15) is 33.0 Å². The van der Waals surface area contributed by atoms with Crippen LogP contribution in [0.4, 0.5) is 13.2 Å². The number of likely N-dealkylation sites (tertiary alicyclic amines) is 1. The molecule has 0 amide bonds. The zero-order valence-corrected chi connectivity index (χ0v) is 16.7. The van der Waals surface area contributed by atoms with Crippen LogP contribution in [0.5, 0.6) is 11.5 Å². The van der Waals surface area contributed by atoms with Crippen LogP contribution in [0.1, 0.15) is 12.0 Å². The van der Waals surface area contributed by atoms with Gasteiger partial charge in [0, 0.05) is 19.6 Å². The summed E-state index contributed by atoms with van der Waals surface area (Å²) in [5.74, 6) is -3.54. The summed E-state index contributed by atoms with van der Waals surface area (Å²) in [6, 6.07) is 5.62. The van der Waals surface area contributed by atoms with Crippen molar-refractivity contribution < 1.29 is 52.3 Å². The molecule has 2 atom stereocenters. The van der Waals surface area contributed by atoms with Gasteiger partial charge < -0.3 is 24.8 Å². The summed E-state index contributed by atoms with van der Waals surface area (Å²) in [6.45, 7) is 3.28. The molecule has 0 bridgehead atoms. The molecule has 1 aliphatic heterocycles. The zero-order valence-electron chi connectivity index (χ0n) is 16.7. The highest BCUT2D eigenvalue weighted by atomic mass is 19.4. The fourth-order valence-electron chi connectivity index (χ4n) is 3.74. The number of rotatable bonds is 7. The summed E-state index contributed by atoms with van der Waals surface area (Å²) in [7, 11) is 1.57. The van der Waals surface area contributed by atoms with Gasteiger partial charge in [0.2, 0.25) is 0 Å². The molecular formula is C19H22F3NO8. The number of piperidine rings is 1. The highest BCUT2D eigenvalue weighted by Crippen LogP contribution is 2.68. The van der Waals surface area contributed by atoms with Gasteiger partial charge >= 0.3 is 24.1 Å². The Bertz CT molecular complexity index is 846. The van der Waals surface area contributed by atoms with Crippen LogP contribution in [0, 0.1) is 17.8 Å². The Morgan fingerprint density at radius 1 is 1.06 bits per heavy atom. The molecule has 1 heterocycles. The number of hydrogen-bond acceptors (Lipinski definition) is 6. The maximum Gasteiger partial charge on any atom is 0.490 e. The smallest absolute Gasteiger partial charge is 0.490 e. The molecule has 1 aromatic carbocycles. The number of halogens is 3. The first-order valence-corrected chi connectivity index (χ1v) is 9.06. The molecular weight excluding hydrogens is 427 g/mol. The van der Waals surface area contributed by atoms with E-state index in [4.69, 9.17) is 19.4 Å². The first-order chi connectivity index (χ1) is 14.3. The van der Waals surface area contributed by atoms with Crippen LogP contribution in [0.3, 0.4) is 0 Å². The van der Waals surface area contributed by atoms with Crippen LogP contribution in [0.25, 0.3) is 0 Å². The molecule has 0 spiro atoms. The van der Waals surface area contributed by atoms with Gasteiger partial charge in [0.1, 0.15) is 6.61 Å². The molecule has 2 fully saturated rings. The number of carboxylic acid groups (broad SMARTS) is 3. The fraction of sp³-hybridized carbons (Fsp3) is 0.526. The maximum atomic E-state index is 11.5. The Hall–Kier alpha value is -3.02. The van der Waals surface area contributed by atoms with Gasteiger partial charge in [-0.2, -0.15) is 13.2 Å². The molecule has 0 radical (unpaired) electrons. The van der Waals surface area contributed by atoms with Crippen molar-refractivity contribution in [2.24, 2.45) is 10.8 Å². The lowest BCUT2D eigenvalue weighted by molar-refractivity contribution is -0.192. The minimum atomic E-state index is -5.08. The Morgan fingerprint density at radius 2 is 1.58 bits per heavy atom. The van der Waals surface area contributed by atoms with E-state index in [0.717, 1.165) is 5.56 Å². The molecule has 0 unspecified atom stereocenters. The zero-order chi connectivity index (χ0) is 23.6. The molecule has 1 saturated carbocycles. The first-order valence-electron chi connectivity index (χ1n) is 9.06. The van der Waals surface area contributed by atoms with Gasteiger partial charge in [-0.05, 0) is 31.0 Å². The predicted molar refractivity (Wildman–Crippen MR) is 98.1 cm³/mol. The number of aryl methyl sites for hydroxylation is 1. The van der Waals surface area contributed by atoms with E-state index < -0.39 is 34.9 Å². The van der Waals surface area contributed by atoms with Gasteiger partial charge in [0.05, 0.1) is 17.9 Å². The Balaban J connectivity index is 0.000000423. The third kappa shape index (κ3) is 4.84. The van der Waals surface area contributed by atoms with Gasteiger partial charge in [-0.1, -0.05) is 6.07 Å². The van der Waals surface area contributed by atoms with E-state index >= 15 is 0 Å². The van der Waals surface area contributed by atoms with E-state index in [1.807, 2.05) is 30.0 Å². The van der Waals surface area contributed by atoms with Crippen molar-refractivity contribution in [3.05, 3.63) is 23.8 Å². The van der Waals surface area contributed by atoms with E-state index in [1.54, 1.807) is 7.11 Å². The second kappa shape index (κ2) is 8.61. The SMILES string of the molecule is COc1cc(C)ccc1OCCN1C[C@@]2(C(=O)O)C[C@@]2(C(=O)O)C1.O=C(O)C(F)(F)F. The van der Waals surface area contributed by atoms with Crippen LogP contribution in [-0.2, 0) is 14.4 Å². The fourth-order valence-corrected chi connectivity index (χ4v) is 3.74. The number of nitrogens with zero attached hydrogens (tertiary/aromatic N) is 1. The molecule has 1 saturated heterocycles. The Morgan fingerprint density at radius 3 is 2.00 bits per heavy atom. The van der Waals surface area contributed by atoms with Crippen molar-refractivity contribution >= 4 is 17.9 Å². The summed E-state index contributed by atoms with van der Waals surface area (Å²) >= 11 is 0. The number of alkyl halides is 3. The standard InChI is InChI=1S/C17H21NO6.C2HF3O2/c1-11-3-4-12(13(7-11)23-2)24-6-5-18-9-16(14(19)20)8-17(16,10-18)15(21)22;3-2(4,5)1(6)7/h3-4,7H,5-6,8-10H2,1-2H3,(H,19,20)(H,21,22);(H,6,7)/t16-,17+;. The van der Waals surface area contributed by atoms with Crippen LogP contribution in [0.2, 0.25) is 0 Å². The van der Waals surface area contributed by atoms with E-state index in [-0.39, 0.29) is 19.5 Å². The summed E-state index contributed by atoms with van der Waals surface area (Å²) in [6.07, 6.45) is -4.87. The van der Waals surface area contributed by atoms with Gasteiger partial charge in [0.15, 0.2) is 11.5 Å². The van der Waals surface area contributed by atoms with Crippen molar-refractivity contribution in [1.29, 1.82) is 0 Å². The summed E-state index contributed by atoms with van der Waals surface area (Å²) in [4.78, 5) is 33.7. The topological polar surface area (TPSA) is 134 Å². The Kier molecular flexibility index (Phi) is 6.74. The lowest BCUT2D eigenvalue weighted by Crippen LogP contribution is -2.32. The maximum absolute atomic E-state index is 11.5. The van der Waals surface area contributed by atoms with E-state index in [0.29, 0.717) is 24.7 Å². The monoisotopic (exact) mass is 449 g/mol. The van der Waals surface area contributed by atoms with E-state index in [2.05, 4.69) is 0 Å². The number of ether oxygens (including phenoxy) is 2. The molecule has 1 aromatic rings. The summed E-state index contributed by atoms with van der Waals surface area (Å²) in [5.41, 5.74) is -1.22. The minimum Gasteiger partial charge on any atom is -0.493 e. The number of fused-ring (bicyclic) bond motifs is 1. The molecule has 2 aliphatic rings.